The number of carbonyl (C=O) groups excluding carboxylic acids is 1. The third-order valence-electron chi connectivity index (χ3n) is 4.35. The molecule has 0 radical (unpaired) electrons. The summed E-state index contributed by atoms with van der Waals surface area (Å²) in [6, 6.07) is 10.1. The predicted octanol–water partition coefficient (Wildman–Crippen LogP) is 1.55. The van der Waals surface area contributed by atoms with E-state index in [0.717, 1.165) is 12.1 Å². The zero-order valence-electron chi connectivity index (χ0n) is 12.9. The quantitative estimate of drug-likeness (QED) is 0.800. The Bertz CT molecular complexity index is 429. The summed E-state index contributed by atoms with van der Waals surface area (Å²) in [7, 11) is 2.14. The van der Waals surface area contributed by atoms with Crippen LogP contribution >= 0.6 is 0 Å². The maximum absolute atomic E-state index is 12.0. The second-order valence-corrected chi connectivity index (χ2v) is 6.01. The molecule has 2 rings (SSSR count). The molecule has 0 heterocycles. The second kappa shape index (κ2) is 8.15. The number of nitrogens with zero attached hydrogens (tertiary/aromatic N) is 1. The standard InChI is InChI=1S/C17H27N3O/c1-20(15-9-5-6-10-15)12-11-19-17(21)16(18)13-14-7-3-2-4-8-14/h2-4,7-8,15-16H,5-6,9-13,18H2,1H3,(H,19,21). The highest BCUT2D eigenvalue weighted by Crippen LogP contribution is 2.21. The number of amides is 1. The number of hydrogen-bond donors (Lipinski definition) is 2. The Kier molecular flexibility index (Phi) is 6.21. The van der Waals surface area contributed by atoms with Crippen LogP contribution in [0.2, 0.25) is 0 Å². The van der Waals surface area contributed by atoms with Gasteiger partial charge in [-0.3, -0.25) is 4.79 Å². The molecule has 1 aliphatic rings. The second-order valence-electron chi connectivity index (χ2n) is 6.01. The van der Waals surface area contributed by atoms with Gasteiger partial charge >= 0.3 is 0 Å². The third-order valence-corrected chi connectivity index (χ3v) is 4.35. The zero-order chi connectivity index (χ0) is 15.1. The van der Waals surface area contributed by atoms with Gasteiger partial charge in [0.2, 0.25) is 5.91 Å². The van der Waals surface area contributed by atoms with Gasteiger partial charge in [-0.15, -0.1) is 0 Å². The van der Waals surface area contributed by atoms with E-state index in [4.69, 9.17) is 5.73 Å². The number of benzene rings is 1. The van der Waals surface area contributed by atoms with Crippen molar-refractivity contribution in [2.45, 2.75) is 44.2 Å². The van der Waals surface area contributed by atoms with E-state index < -0.39 is 6.04 Å². The van der Waals surface area contributed by atoms with Crippen molar-refractivity contribution in [2.24, 2.45) is 5.73 Å². The third kappa shape index (κ3) is 5.14. The molecule has 4 heteroatoms. The van der Waals surface area contributed by atoms with Crippen molar-refractivity contribution in [3.05, 3.63) is 35.9 Å². The first-order chi connectivity index (χ1) is 10.2. The van der Waals surface area contributed by atoms with E-state index in [9.17, 15) is 4.79 Å². The predicted molar refractivity (Wildman–Crippen MR) is 86.0 cm³/mol. The van der Waals surface area contributed by atoms with E-state index in [2.05, 4.69) is 17.3 Å². The van der Waals surface area contributed by atoms with Crippen LogP contribution in [-0.2, 0) is 11.2 Å². The van der Waals surface area contributed by atoms with Crippen molar-refractivity contribution in [1.29, 1.82) is 0 Å². The Morgan fingerprint density at radius 3 is 2.67 bits per heavy atom. The average Bonchev–Trinajstić information content (AvgIpc) is 3.02. The summed E-state index contributed by atoms with van der Waals surface area (Å²) in [6.45, 7) is 1.57. The lowest BCUT2D eigenvalue weighted by atomic mass is 10.1. The van der Waals surface area contributed by atoms with E-state index in [0.29, 0.717) is 19.0 Å². The molecule has 1 aromatic rings. The lowest BCUT2D eigenvalue weighted by Gasteiger charge is -2.24. The highest BCUT2D eigenvalue weighted by atomic mass is 16.2. The average molecular weight is 289 g/mol. The number of nitrogens with two attached hydrogens (primary N) is 1. The monoisotopic (exact) mass is 289 g/mol. The van der Waals surface area contributed by atoms with Gasteiger partial charge in [-0.1, -0.05) is 43.2 Å². The van der Waals surface area contributed by atoms with Crippen LogP contribution < -0.4 is 11.1 Å². The minimum Gasteiger partial charge on any atom is -0.353 e. The molecule has 3 N–H and O–H groups in total. The molecule has 0 bridgehead atoms. The molecular formula is C17H27N3O. The number of likely N-dealkylation sites (N-methyl/N-ethyl adjacent to an activating group) is 1. The Hall–Kier alpha value is -1.39. The highest BCUT2D eigenvalue weighted by molar-refractivity contribution is 5.81. The van der Waals surface area contributed by atoms with Gasteiger partial charge in [-0.05, 0) is 31.9 Å². The van der Waals surface area contributed by atoms with Crippen LogP contribution in [0.4, 0.5) is 0 Å². The molecule has 0 aromatic heterocycles. The summed E-state index contributed by atoms with van der Waals surface area (Å²) < 4.78 is 0. The molecular weight excluding hydrogens is 262 g/mol. The van der Waals surface area contributed by atoms with Crippen LogP contribution in [0.15, 0.2) is 30.3 Å². The summed E-state index contributed by atoms with van der Waals surface area (Å²) in [6.07, 6.45) is 5.84. The van der Waals surface area contributed by atoms with Gasteiger partial charge in [0, 0.05) is 19.1 Å². The van der Waals surface area contributed by atoms with Gasteiger partial charge in [0.1, 0.15) is 0 Å². The number of nitrogens with one attached hydrogen (secondary N) is 1. The Morgan fingerprint density at radius 2 is 2.00 bits per heavy atom. The first-order valence-corrected chi connectivity index (χ1v) is 7.94. The molecule has 1 fully saturated rings. The SMILES string of the molecule is CN(CCNC(=O)C(N)Cc1ccccc1)C1CCCC1. The molecule has 1 saturated carbocycles. The van der Waals surface area contributed by atoms with Crippen molar-refractivity contribution in [1.82, 2.24) is 10.2 Å². The summed E-state index contributed by atoms with van der Waals surface area (Å²) >= 11 is 0. The van der Waals surface area contributed by atoms with Gasteiger partial charge < -0.3 is 16.0 Å². The molecule has 1 aliphatic carbocycles. The Labute approximate surface area is 127 Å². The fourth-order valence-corrected chi connectivity index (χ4v) is 2.97. The largest absolute Gasteiger partial charge is 0.353 e. The highest BCUT2D eigenvalue weighted by Gasteiger charge is 2.19. The fourth-order valence-electron chi connectivity index (χ4n) is 2.97. The fraction of sp³-hybridized carbons (Fsp3) is 0.588. The minimum atomic E-state index is -0.468. The van der Waals surface area contributed by atoms with E-state index in [1.807, 2.05) is 30.3 Å². The Balaban J connectivity index is 1.66. The van der Waals surface area contributed by atoms with Crippen molar-refractivity contribution < 1.29 is 4.79 Å². The summed E-state index contributed by atoms with van der Waals surface area (Å²) in [4.78, 5) is 14.4. The molecule has 116 valence electrons. The van der Waals surface area contributed by atoms with Crippen molar-refractivity contribution in [2.75, 3.05) is 20.1 Å². The first-order valence-electron chi connectivity index (χ1n) is 7.94. The number of carbonyl (C=O) groups is 1. The van der Waals surface area contributed by atoms with Gasteiger partial charge in [-0.25, -0.2) is 0 Å². The van der Waals surface area contributed by atoms with E-state index >= 15 is 0 Å². The minimum absolute atomic E-state index is 0.0568. The first kappa shape index (κ1) is 16.0. The lowest BCUT2D eigenvalue weighted by Crippen LogP contribution is -2.45. The summed E-state index contributed by atoms with van der Waals surface area (Å²) in [5.74, 6) is -0.0568. The van der Waals surface area contributed by atoms with E-state index in [-0.39, 0.29) is 5.91 Å². The molecule has 0 aliphatic heterocycles. The molecule has 1 amide bonds. The Morgan fingerprint density at radius 1 is 1.33 bits per heavy atom. The maximum atomic E-state index is 12.0. The maximum Gasteiger partial charge on any atom is 0.237 e. The number of rotatable bonds is 7. The zero-order valence-corrected chi connectivity index (χ0v) is 12.9. The van der Waals surface area contributed by atoms with Crippen molar-refractivity contribution in [3.63, 3.8) is 0 Å². The van der Waals surface area contributed by atoms with Crippen molar-refractivity contribution >= 4 is 5.91 Å². The molecule has 0 saturated heterocycles. The lowest BCUT2D eigenvalue weighted by molar-refractivity contribution is -0.122. The van der Waals surface area contributed by atoms with E-state index in [1.54, 1.807) is 0 Å². The normalized spacial score (nSPS) is 17.1. The van der Waals surface area contributed by atoms with Crippen molar-refractivity contribution in [3.8, 4) is 0 Å². The van der Waals surface area contributed by atoms with Crippen LogP contribution in [0.25, 0.3) is 0 Å². The molecule has 4 nitrogen and oxygen atoms in total. The number of hydrogen-bond acceptors (Lipinski definition) is 3. The van der Waals surface area contributed by atoms with Crippen LogP contribution in [0, 0.1) is 0 Å². The van der Waals surface area contributed by atoms with Crippen LogP contribution in [0.3, 0.4) is 0 Å². The van der Waals surface area contributed by atoms with Gasteiger partial charge in [0.15, 0.2) is 0 Å². The van der Waals surface area contributed by atoms with Gasteiger partial charge in [-0.2, -0.15) is 0 Å². The van der Waals surface area contributed by atoms with Crippen LogP contribution in [-0.4, -0.2) is 43.0 Å². The molecule has 1 aromatic carbocycles. The smallest absolute Gasteiger partial charge is 0.237 e. The van der Waals surface area contributed by atoms with Gasteiger partial charge in [0.25, 0.3) is 0 Å². The van der Waals surface area contributed by atoms with E-state index in [1.165, 1.54) is 25.7 Å². The van der Waals surface area contributed by atoms with Crippen LogP contribution in [0.5, 0.6) is 0 Å². The van der Waals surface area contributed by atoms with Gasteiger partial charge in [0.05, 0.1) is 6.04 Å². The summed E-state index contributed by atoms with van der Waals surface area (Å²) in [5, 5.41) is 2.95. The summed E-state index contributed by atoms with van der Waals surface area (Å²) in [5.41, 5.74) is 7.06. The topological polar surface area (TPSA) is 58.4 Å². The molecule has 1 unspecified atom stereocenters. The molecule has 0 spiro atoms. The molecule has 1 atom stereocenters. The molecule has 21 heavy (non-hydrogen) atoms. The van der Waals surface area contributed by atoms with Crippen LogP contribution in [0.1, 0.15) is 31.2 Å².